The number of aryl methyl sites for hydroxylation is 1. The van der Waals surface area contributed by atoms with E-state index in [1.165, 1.54) is 12.0 Å². The predicted molar refractivity (Wildman–Crippen MR) is 49.7 cm³/mol. The van der Waals surface area contributed by atoms with Crippen LogP contribution in [-0.2, 0) is 12.8 Å². The van der Waals surface area contributed by atoms with Gasteiger partial charge in [0, 0.05) is 12.0 Å². The lowest BCUT2D eigenvalue weighted by Crippen LogP contribution is -2.34. The highest BCUT2D eigenvalue weighted by Gasteiger charge is 2.17. The van der Waals surface area contributed by atoms with E-state index in [9.17, 15) is 5.21 Å². The van der Waals surface area contributed by atoms with Gasteiger partial charge in [0.15, 0.2) is 11.9 Å². The van der Waals surface area contributed by atoms with Crippen molar-refractivity contribution in [3.05, 3.63) is 33.2 Å². The topological polar surface area (TPSA) is 26.9 Å². The fourth-order valence-corrected chi connectivity index (χ4v) is 2.18. The Morgan fingerprint density at radius 2 is 2.08 bits per heavy atom. The van der Waals surface area contributed by atoms with Crippen LogP contribution < -0.4 is 4.73 Å². The van der Waals surface area contributed by atoms with E-state index < -0.39 is 0 Å². The maximum atomic E-state index is 11.4. The van der Waals surface area contributed by atoms with Crippen molar-refractivity contribution in [2.24, 2.45) is 0 Å². The summed E-state index contributed by atoms with van der Waals surface area (Å²) in [5.74, 6) is 0. The lowest BCUT2D eigenvalue weighted by atomic mass is 9.96. The van der Waals surface area contributed by atoms with Crippen molar-refractivity contribution in [3.8, 4) is 0 Å². The average molecular weight is 228 g/mol. The van der Waals surface area contributed by atoms with Gasteiger partial charge in [-0.1, -0.05) is 0 Å². The zero-order chi connectivity index (χ0) is 8.55. The van der Waals surface area contributed by atoms with Crippen molar-refractivity contribution < 1.29 is 4.73 Å². The van der Waals surface area contributed by atoms with E-state index in [1.807, 2.05) is 0 Å². The van der Waals surface area contributed by atoms with Gasteiger partial charge in [-0.2, -0.15) is 4.73 Å². The first-order valence-electron chi connectivity index (χ1n) is 4.18. The molecule has 1 aromatic rings. The second-order valence-electron chi connectivity index (χ2n) is 3.16. The van der Waals surface area contributed by atoms with Gasteiger partial charge in [0.1, 0.15) is 0 Å². The molecule has 1 aliphatic carbocycles. The minimum atomic E-state index is 0.887. The Bertz CT molecular complexity index is 312. The molecule has 0 saturated carbocycles. The zero-order valence-corrected chi connectivity index (χ0v) is 8.30. The summed E-state index contributed by atoms with van der Waals surface area (Å²) in [6.07, 6.45) is 5.94. The Labute approximate surface area is 79.9 Å². The van der Waals surface area contributed by atoms with Crippen LogP contribution in [-0.4, -0.2) is 0 Å². The molecular formula is C9H10BrNO. The molecule has 0 atom stereocenters. The molecule has 0 bridgehead atoms. The standard InChI is InChI=1S/C9H10BrNO/c10-8-5-7-3-1-2-4-9(7)11(12)6-8/h5-6H,1-4H2. The summed E-state index contributed by atoms with van der Waals surface area (Å²) < 4.78 is 1.89. The maximum absolute atomic E-state index is 11.4. The molecule has 1 aromatic heterocycles. The minimum absolute atomic E-state index is 0.887. The number of aromatic nitrogens is 1. The van der Waals surface area contributed by atoms with Crippen LogP contribution in [0.25, 0.3) is 0 Å². The molecule has 0 amide bonds. The molecule has 0 spiro atoms. The van der Waals surface area contributed by atoms with Crippen LogP contribution in [0.2, 0.25) is 0 Å². The first kappa shape index (κ1) is 8.05. The van der Waals surface area contributed by atoms with E-state index in [4.69, 9.17) is 0 Å². The number of rotatable bonds is 0. The molecule has 2 nitrogen and oxygen atoms in total. The van der Waals surface area contributed by atoms with E-state index in [2.05, 4.69) is 22.0 Å². The quantitative estimate of drug-likeness (QED) is 0.492. The summed E-state index contributed by atoms with van der Waals surface area (Å²) >= 11 is 3.32. The van der Waals surface area contributed by atoms with Crippen molar-refractivity contribution in [2.75, 3.05) is 0 Å². The highest BCUT2D eigenvalue weighted by molar-refractivity contribution is 9.10. The second-order valence-corrected chi connectivity index (χ2v) is 4.08. The van der Waals surface area contributed by atoms with E-state index in [-0.39, 0.29) is 0 Å². The lowest BCUT2D eigenvalue weighted by Gasteiger charge is -2.14. The molecule has 0 aliphatic heterocycles. The van der Waals surface area contributed by atoms with Gasteiger partial charge in [-0.3, -0.25) is 0 Å². The molecule has 12 heavy (non-hydrogen) atoms. The van der Waals surface area contributed by atoms with Crippen molar-refractivity contribution in [1.29, 1.82) is 0 Å². The molecule has 0 N–H and O–H groups in total. The van der Waals surface area contributed by atoms with Gasteiger partial charge < -0.3 is 5.21 Å². The normalized spacial score (nSPS) is 15.8. The van der Waals surface area contributed by atoms with Crippen LogP contribution in [0.3, 0.4) is 0 Å². The summed E-state index contributed by atoms with van der Waals surface area (Å²) in [5, 5.41) is 11.4. The van der Waals surface area contributed by atoms with Gasteiger partial charge >= 0.3 is 0 Å². The zero-order valence-electron chi connectivity index (χ0n) is 6.72. The Kier molecular flexibility index (Phi) is 2.05. The Hall–Kier alpha value is -0.570. The summed E-state index contributed by atoms with van der Waals surface area (Å²) in [6, 6.07) is 2.06. The Morgan fingerprint density at radius 1 is 1.33 bits per heavy atom. The monoisotopic (exact) mass is 227 g/mol. The van der Waals surface area contributed by atoms with Crippen molar-refractivity contribution in [2.45, 2.75) is 25.7 Å². The summed E-state index contributed by atoms with van der Waals surface area (Å²) in [5.41, 5.74) is 2.18. The molecule has 1 heterocycles. The first-order valence-corrected chi connectivity index (χ1v) is 4.97. The SMILES string of the molecule is [O-][n+]1cc(Br)cc2c1CCCC2. The minimum Gasteiger partial charge on any atom is -0.618 e. The molecule has 2 rings (SSSR count). The van der Waals surface area contributed by atoms with Crippen LogP contribution in [0.4, 0.5) is 0 Å². The number of nitrogens with zero attached hydrogens (tertiary/aromatic N) is 1. The highest BCUT2D eigenvalue weighted by atomic mass is 79.9. The Morgan fingerprint density at radius 3 is 2.92 bits per heavy atom. The van der Waals surface area contributed by atoms with Gasteiger partial charge in [0.2, 0.25) is 0 Å². The van der Waals surface area contributed by atoms with Gasteiger partial charge in [-0.15, -0.1) is 0 Å². The molecule has 0 radical (unpaired) electrons. The van der Waals surface area contributed by atoms with Crippen LogP contribution >= 0.6 is 15.9 Å². The van der Waals surface area contributed by atoms with E-state index in [0.29, 0.717) is 0 Å². The van der Waals surface area contributed by atoms with Crippen molar-refractivity contribution in [3.63, 3.8) is 0 Å². The number of hydrogen-bond acceptors (Lipinski definition) is 1. The van der Waals surface area contributed by atoms with Crippen molar-refractivity contribution in [1.82, 2.24) is 0 Å². The molecule has 3 heteroatoms. The largest absolute Gasteiger partial charge is 0.618 e. The summed E-state index contributed by atoms with van der Waals surface area (Å²) in [4.78, 5) is 0. The molecule has 0 aromatic carbocycles. The molecule has 1 aliphatic rings. The Balaban J connectivity index is 2.53. The van der Waals surface area contributed by atoms with Crippen LogP contribution in [0.1, 0.15) is 24.1 Å². The predicted octanol–water partition coefficient (Wildman–Crippen LogP) is 1.96. The van der Waals surface area contributed by atoms with E-state index in [1.54, 1.807) is 6.20 Å². The molecule has 0 unspecified atom stereocenters. The van der Waals surface area contributed by atoms with E-state index in [0.717, 1.165) is 34.2 Å². The first-order chi connectivity index (χ1) is 5.77. The summed E-state index contributed by atoms with van der Waals surface area (Å²) in [6.45, 7) is 0. The maximum Gasteiger partial charge on any atom is 0.196 e. The van der Waals surface area contributed by atoms with Gasteiger partial charge in [-0.25, -0.2) is 0 Å². The lowest BCUT2D eigenvalue weighted by molar-refractivity contribution is -0.615. The molecule has 0 saturated heterocycles. The second kappa shape index (κ2) is 3.05. The number of fused-ring (bicyclic) bond motifs is 1. The smallest absolute Gasteiger partial charge is 0.196 e. The fourth-order valence-electron chi connectivity index (χ4n) is 1.71. The third-order valence-electron chi connectivity index (χ3n) is 2.30. The number of pyridine rings is 1. The number of halogens is 1. The van der Waals surface area contributed by atoms with Crippen LogP contribution in [0.15, 0.2) is 16.7 Å². The van der Waals surface area contributed by atoms with Crippen LogP contribution in [0.5, 0.6) is 0 Å². The third kappa shape index (κ3) is 1.33. The van der Waals surface area contributed by atoms with Gasteiger partial charge in [0.25, 0.3) is 0 Å². The summed E-state index contributed by atoms with van der Waals surface area (Å²) in [7, 11) is 0. The molecule has 0 fully saturated rings. The third-order valence-corrected chi connectivity index (χ3v) is 2.73. The van der Waals surface area contributed by atoms with Crippen molar-refractivity contribution >= 4 is 15.9 Å². The average Bonchev–Trinajstić information content (AvgIpc) is 2.04. The number of hydrogen-bond donors (Lipinski definition) is 0. The highest BCUT2D eigenvalue weighted by Crippen LogP contribution is 2.20. The van der Waals surface area contributed by atoms with Gasteiger partial charge in [0.05, 0.1) is 4.47 Å². The fraction of sp³-hybridized carbons (Fsp3) is 0.444. The molecular weight excluding hydrogens is 218 g/mol. The van der Waals surface area contributed by atoms with E-state index >= 15 is 0 Å². The molecule has 64 valence electrons. The van der Waals surface area contributed by atoms with Crippen LogP contribution in [0, 0.1) is 5.21 Å². The van der Waals surface area contributed by atoms with Gasteiger partial charge in [-0.05, 0) is 41.3 Å².